The number of hydrogen-bond donors (Lipinski definition) is 3. The van der Waals surface area contributed by atoms with Crippen molar-refractivity contribution in [3.63, 3.8) is 0 Å². The highest BCUT2D eigenvalue weighted by molar-refractivity contribution is 5.36. The third kappa shape index (κ3) is 1.76. The van der Waals surface area contributed by atoms with Gasteiger partial charge in [0.15, 0.2) is 0 Å². The van der Waals surface area contributed by atoms with E-state index >= 15 is 0 Å². The van der Waals surface area contributed by atoms with Gasteiger partial charge in [-0.25, -0.2) is 4.39 Å². The van der Waals surface area contributed by atoms with E-state index in [4.69, 9.17) is 0 Å². The standard InChI is InChI=1S/C13H16FNO2/c14-8-2-1-7-6-15-10-3-4-11(16)13(17)12(10)9(7)5-8/h1-2,5,10-13,15-17H,3-4,6H2/t10-,11-,12-,13-/m0/s1. The summed E-state index contributed by atoms with van der Waals surface area (Å²) in [6.07, 6.45) is -0.0897. The fourth-order valence-corrected chi connectivity index (χ4v) is 3.09. The molecule has 3 N–H and O–H groups in total. The number of aliphatic hydroxyl groups excluding tert-OH is 2. The van der Waals surface area contributed by atoms with E-state index in [1.54, 1.807) is 6.07 Å². The molecule has 0 radical (unpaired) electrons. The summed E-state index contributed by atoms with van der Waals surface area (Å²) in [7, 11) is 0. The summed E-state index contributed by atoms with van der Waals surface area (Å²) in [4.78, 5) is 0. The highest BCUT2D eigenvalue weighted by Gasteiger charge is 2.41. The molecule has 0 saturated heterocycles. The average Bonchev–Trinajstić information content (AvgIpc) is 2.33. The lowest BCUT2D eigenvalue weighted by molar-refractivity contribution is -0.0360. The average molecular weight is 237 g/mol. The number of rotatable bonds is 0. The van der Waals surface area contributed by atoms with E-state index in [2.05, 4.69) is 5.32 Å². The lowest BCUT2D eigenvalue weighted by atomic mass is 9.73. The smallest absolute Gasteiger partial charge is 0.123 e. The molecule has 1 aliphatic carbocycles. The van der Waals surface area contributed by atoms with Gasteiger partial charge in [0.2, 0.25) is 0 Å². The number of halogens is 1. The number of benzene rings is 1. The molecule has 4 atom stereocenters. The first-order valence-electron chi connectivity index (χ1n) is 6.04. The molecule has 0 spiro atoms. The number of nitrogens with one attached hydrogen (secondary N) is 1. The van der Waals surface area contributed by atoms with Crippen molar-refractivity contribution in [1.82, 2.24) is 5.32 Å². The summed E-state index contributed by atoms with van der Waals surface area (Å²) in [5.74, 6) is -0.477. The molecule has 1 saturated carbocycles. The summed E-state index contributed by atoms with van der Waals surface area (Å²) >= 11 is 0. The van der Waals surface area contributed by atoms with Gasteiger partial charge in [-0.1, -0.05) is 6.07 Å². The SMILES string of the molecule is O[C@@H]1[C@H]2c3cc(F)ccc3CN[C@H]2CC[C@@H]1O. The Hall–Kier alpha value is -0.970. The highest BCUT2D eigenvalue weighted by Crippen LogP contribution is 2.38. The van der Waals surface area contributed by atoms with E-state index in [1.807, 2.05) is 0 Å². The monoisotopic (exact) mass is 237 g/mol. The van der Waals surface area contributed by atoms with Gasteiger partial charge in [-0.15, -0.1) is 0 Å². The van der Waals surface area contributed by atoms with Crippen molar-refractivity contribution in [1.29, 1.82) is 0 Å². The van der Waals surface area contributed by atoms with Crippen LogP contribution in [0.25, 0.3) is 0 Å². The first kappa shape index (κ1) is 11.1. The van der Waals surface area contributed by atoms with Crippen molar-refractivity contribution in [3.8, 4) is 0 Å². The molecule has 3 rings (SSSR count). The van der Waals surface area contributed by atoms with Gasteiger partial charge in [0.1, 0.15) is 5.82 Å². The number of aliphatic hydroxyl groups is 2. The molecule has 1 aromatic carbocycles. The molecular formula is C13H16FNO2. The molecule has 0 aromatic heterocycles. The van der Waals surface area contributed by atoms with Crippen LogP contribution < -0.4 is 5.32 Å². The molecule has 0 amide bonds. The second kappa shape index (κ2) is 4.05. The number of fused-ring (bicyclic) bond motifs is 3. The second-order valence-corrected chi connectivity index (χ2v) is 4.99. The van der Waals surface area contributed by atoms with Crippen LogP contribution in [-0.2, 0) is 6.54 Å². The Morgan fingerprint density at radius 1 is 1.24 bits per heavy atom. The summed E-state index contributed by atoms with van der Waals surface area (Å²) < 4.78 is 13.3. The van der Waals surface area contributed by atoms with Crippen LogP contribution in [-0.4, -0.2) is 28.5 Å². The van der Waals surface area contributed by atoms with Crippen molar-refractivity contribution in [2.75, 3.05) is 0 Å². The minimum absolute atomic E-state index is 0.141. The zero-order valence-corrected chi connectivity index (χ0v) is 9.44. The minimum Gasteiger partial charge on any atom is -0.390 e. The zero-order valence-electron chi connectivity index (χ0n) is 9.44. The van der Waals surface area contributed by atoms with Crippen LogP contribution in [0.2, 0.25) is 0 Å². The Morgan fingerprint density at radius 2 is 2.06 bits per heavy atom. The molecule has 3 nitrogen and oxygen atoms in total. The van der Waals surface area contributed by atoms with Crippen molar-refractivity contribution in [3.05, 3.63) is 35.1 Å². The van der Waals surface area contributed by atoms with Gasteiger partial charge in [-0.2, -0.15) is 0 Å². The van der Waals surface area contributed by atoms with E-state index in [-0.39, 0.29) is 17.8 Å². The van der Waals surface area contributed by atoms with E-state index < -0.39 is 12.2 Å². The largest absolute Gasteiger partial charge is 0.390 e. The fraction of sp³-hybridized carbons (Fsp3) is 0.538. The van der Waals surface area contributed by atoms with Crippen LogP contribution in [0.15, 0.2) is 18.2 Å². The maximum absolute atomic E-state index is 13.3. The normalized spacial score (nSPS) is 36.2. The van der Waals surface area contributed by atoms with Gasteiger partial charge in [0.25, 0.3) is 0 Å². The lowest BCUT2D eigenvalue weighted by Gasteiger charge is -2.43. The van der Waals surface area contributed by atoms with E-state index in [0.717, 1.165) is 17.5 Å². The third-order valence-corrected chi connectivity index (χ3v) is 3.99. The predicted molar refractivity (Wildman–Crippen MR) is 61.0 cm³/mol. The molecule has 0 unspecified atom stereocenters. The molecule has 1 fully saturated rings. The van der Waals surface area contributed by atoms with Crippen molar-refractivity contribution in [2.45, 2.75) is 43.6 Å². The molecule has 1 aliphatic heterocycles. The molecule has 0 bridgehead atoms. The minimum atomic E-state index is -0.804. The van der Waals surface area contributed by atoms with Crippen LogP contribution in [0.5, 0.6) is 0 Å². The molecule has 1 heterocycles. The molecule has 92 valence electrons. The first-order chi connectivity index (χ1) is 8.16. The maximum Gasteiger partial charge on any atom is 0.123 e. The van der Waals surface area contributed by atoms with E-state index in [1.165, 1.54) is 12.1 Å². The van der Waals surface area contributed by atoms with Crippen LogP contribution in [0.1, 0.15) is 29.9 Å². The Balaban J connectivity index is 2.04. The predicted octanol–water partition coefficient (Wildman–Crippen LogP) is 0.897. The van der Waals surface area contributed by atoms with Gasteiger partial charge in [-0.3, -0.25) is 0 Å². The van der Waals surface area contributed by atoms with Crippen LogP contribution in [0.3, 0.4) is 0 Å². The highest BCUT2D eigenvalue weighted by atomic mass is 19.1. The van der Waals surface area contributed by atoms with Gasteiger partial charge in [0.05, 0.1) is 12.2 Å². The van der Waals surface area contributed by atoms with Gasteiger partial charge in [0, 0.05) is 18.5 Å². The Morgan fingerprint density at radius 3 is 2.88 bits per heavy atom. The second-order valence-electron chi connectivity index (χ2n) is 4.99. The maximum atomic E-state index is 13.3. The Kier molecular flexibility index (Phi) is 2.65. The van der Waals surface area contributed by atoms with Crippen LogP contribution in [0.4, 0.5) is 4.39 Å². The van der Waals surface area contributed by atoms with Gasteiger partial charge < -0.3 is 15.5 Å². The molecule has 17 heavy (non-hydrogen) atoms. The van der Waals surface area contributed by atoms with Crippen molar-refractivity contribution >= 4 is 0 Å². The molecule has 2 aliphatic rings. The molecular weight excluding hydrogens is 221 g/mol. The van der Waals surface area contributed by atoms with E-state index in [0.29, 0.717) is 13.0 Å². The topological polar surface area (TPSA) is 52.5 Å². The number of hydrogen-bond acceptors (Lipinski definition) is 3. The summed E-state index contributed by atoms with van der Waals surface area (Å²) in [5.41, 5.74) is 1.86. The first-order valence-corrected chi connectivity index (χ1v) is 6.04. The molecule has 4 heteroatoms. The Labute approximate surface area is 99.3 Å². The van der Waals surface area contributed by atoms with Crippen molar-refractivity contribution < 1.29 is 14.6 Å². The summed E-state index contributed by atoms with van der Waals surface area (Å²) in [6.45, 7) is 0.708. The lowest BCUT2D eigenvalue weighted by Crippen LogP contribution is -2.51. The van der Waals surface area contributed by atoms with E-state index in [9.17, 15) is 14.6 Å². The Bertz CT molecular complexity index is 437. The third-order valence-electron chi connectivity index (χ3n) is 3.99. The quantitative estimate of drug-likeness (QED) is 0.628. The summed E-state index contributed by atoms with van der Waals surface area (Å²) in [5, 5.41) is 23.2. The van der Waals surface area contributed by atoms with Crippen LogP contribution >= 0.6 is 0 Å². The van der Waals surface area contributed by atoms with Gasteiger partial charge in [-0.05, 0) is 36.1 Å². The molecule has 1 aromatic rings. The van der Waals surface area contributed by atoms with Crippen LogP contribution in [0, 0.1) is 5.82 Å². The fourth-order valence-electron chi connectivity index (χ4n) is 3.09. The van der Waals surface area contributed by atoms with Gasteiger partial charge >= 0.3 is 0 Å². The summed E-state index contributed by atoms with van der Waals surface area (Å²) in [6, 6.07) is 4.83. The zero-order chi connectivity index (χ0) is 12.0. The van der Waals surface area contributed by atoms with Crippen molar-refractivity contribution in [2.24, 2.45) is 0 Å².